The summed E-state index contributed by atoms with van der Waals surface area (Å²) < 4.78 is 3.44. The lowest BCUT2D eigenvalue weighted by Crippen LogP contribution is -2.48. The number of piperazine rings is 1. The SMILES string of the molecule is CC1CN(Cc2ccc(NSc3ccc(N4CCCCC4)nc3)cc2)CCN1. The highest BCUT2D eigenvalue weighted by Gasteiger charge is 2.15. The number of benzene rings is 1. The van der Waals surface area contributed by atoms with Crippen LogP contribution in [0.3, 0.4) is 0 Å². The van der Waals surface area contributed by atoms with Gasteiger partial charge in [-0.3, -0.25) is 4.90 Å². The van der Waals surface area contributed by atoms with Crippen LogP contribution in [0, 0.1) is 0 Å². The Bertz CT molecular complexity index is 728. The third-order valence-electron chi connectivity index (χ3n) is 5.50. The molecule has 6 heteroatoms. The van der Waals surface area contributed by atoms with Crippen LogP contribution in [0.25, 0.3) is 0 Å². The summed E-state index contributed by atoms with van der Waals surface area (Å²) in [5, 5.41) is 3.50. The van der Waals surface area contributed by atoms with Gasteiger partial charge in [0, 0.05) is 62.1 Å². The van der Waals surface area contributed by atoms with Crippen LogP contribution in [-0.2, 0) is 6.54 Å². The molecule has 2 aliphatic rings. The summed E-state index contributed by atoms with van der Waals surface area (Å²) in [4.78, 5) is 10.7. The van der Waals surface area contributed by atoms with Crippen LogP contribution in [0.5, 0.6) is 0 Å². The lowest BCUT2D eigenvalue weighted by molar-refractivity contribution is 0.199. The number of hydrogen-bond acceptors (Lipinski definition) is 6. The topological polar surface area (TPSA) is 43.4 Å². The molecule has 1 atom stereocenters. The van der Waals surface area contributed by atoms with E-state index in [9.17, 15) is 0 Å². The minimum Gasteiger partial charge on any atom is -0.357 e. The number of nitrogens with one attached hydrogen (secondary N) is 2. The lowest BCUT2D eigenvalue weighted by Gasteiger charge is -2.31. The maximum absolute atomic E-state index is 4.65. The Hall–Kier alpha value is -1.76. The van der Waals surface area contributed by atoms with Crippen LogP contribution in [-0.4, -0.2) is 48.6 Å². The Morgan fingerprint density at radius 3 is 2.61 bits per heavy atom. The van der Waals surface area contributed by atoms with Gasteiger partial charge in [-0.2, -0.15) is 0 Å². The van der Waals surface area contributed by atoms with Gasteiger partial charge in [0.1, 0.15) is 5.82 Å². The van der Waals surface area contributed by atoms with Crippen molar-refractivity contribution in [2.45, 2.75) is 43.7 Å². The van der Waals surface area contributed by atoms with Gasteiger partial charge in [0.15, 0.2) is 0 Å². The van der Waals surface area contributed by atoms with E-state index in [2.05, 4.69) is 68.1 Å². The third-order valence-corrected chi connectivity index (χ3v) is 6.32. The quantitative estimate of drug-likeness (QED) is 0.719. The second-order valence-electron chi connectivity index (χ2n) is 7.89. The van der Waals surface area contributed by atoms with Gasteiger partial charge < -0.3 is 14.9 Å². The van der Waals surface area contributed by atoms with Crippen LogP contribution < -0.4 is 14.9 Å². The van der Waals surface area contributed by atoms with Gasteiger partial charge >= 0.3 is 0 Å². The molecule has 0 saturated carbocycles. The third kappa shape index (κ3) is 5.40. The minimum absolute atomic E-state index is 0.584. The van der Waals surface area contributed by atoms with Gasteiger partial charge in [0.2, 0.25) is 0 Å². The second kappa shape index (κ2) is 9.63. The van der Waals surface area contributed by atoms with Gasteiger partial charge in [-0.1, -0.05) is 12.1 Å². The van der Waals surface area contributed by atoms with E-state index in [1.807, 2.05) is 6.20 Å². The Morgan fingerprint density at radius 1 is 1.07 bits per heavy atom. The molecule has 0 aliphatic carbocycles. The van der Waals surface area contributed by atoms with E-state index in [0.717, 1.165) is 55.7 Å². The molecule has 1 aromatic heterocycles. The first-order chi connectivity index (χ1) is 13.8. The lowest BCUT2D eigenvalue weighted by atomic mass is 10.1. The zero-order chi connectivity index (χ0) is 19.2. The molecule has 2 aliphatic heterocycles. The van der Waals surface area contributed by atoms with Gasteiger partial charge in [-0.05, 0) is 68.0 Å². The van der Waals surface area contributed by atoms with Crippen LogP contribution in [0.15, 0.2) is 47.5 Å². The van der Waals surface area contributed by atoms with E-state index in [0.29, 0.717) is 6.04 Å². The predicted molar refractivity (Wildman–Crippen MR) is 119 cm³/mol. The molecule has 0 spiro atoms. The maximum Gasteiger partial charge on any atom is 0.128 e. The fourth-order valence-corrected chi connectivity index (χ4v) is 4.57. The van der Waals surface area contributed by atoms with Crippen molar-refractivity contribution in [2.24, 2.45) is 0 Å². The molecule has 28 heavy (non-hydrogen) atoms. The molecule has 150 valence electrons. The van der Waals surface area contributed by atoms with E-state index in [4.69, 9.17) is 0 Å². The van der Waals surface area contributed by atoms with Crippen molar-refractivity contribution in [3.63, 3.8) is 0 Å². The monoisotopic (exact) mass is 397 g/mol. The number of pyridine rings is 1. The highest BCUT2D eigenvalue weighted by Crippen LogP contribution is 2.24. The van der Waals surface area contributed by atoms with E-state index >= 15 is 0 Å². The van der Waals surface area contributed by atoms with Crippen molar-refractivity contribution >= 4 is 23.5 Å². The fraction of sp³-hybridized carbons (Fsp3) is 0.500. The van der Waals surface area contributed by atoms with Crippen LogP contribution in [0.2, 0.25) is 0 Å². The highest BCUT2D eigenvalue weighted by molar-refractivity contribution is 8.00. The molecule has 5 nitrogen and oxygen atoms in total. The number of piperidine rings is 1. The number of aromatic nitrogens is 1. The van der Waals surface area contributed by atoms with Crippen molar-refractivity contribution in [1.29, 1.82) is 0 Å². The molecule has 4 rings (SSSR count). The van der Waals surface area contributed by atoms with Crippen LogP contribution in [0.1, 0.15) is 31.7 Å². The van der Waals surface area contributed by atoms with E-state index < -0.39 is 0 Å². The maximum atomic E-state index is 4.65. The first-order valence-electron chi connectivity index (χ1n) is 10.4. The Balaban J connectivity index is 1.26. The van der Waals surface area contributed by atoms with Crippen molar-refractivity contribution < 1.29 is 0 Å². The summed E-state index contributed by atoms with van der Waals surface area (Å²) in [5.74, 6) is 1.11. The van der Waals surface area contributed by atoms with Crippen molar-refractivity contribution in [3.8, 4) is 0 Å². The summed E-state index contributed by atoms with van der Waals surface area (Å²) in [5.41, 5.74) is 2.50. The molecular formula is C22H31N5S. The van der Waals surface area contributed by atoms with Crippen LogP contribution in [0.4, 0.5) is 11.5 Å². The summed E-state index contributed by atoms with van der Waals surface area (Å²) >= 11 is 1.62. The largest absolute Gasteiger partial charge is 0.357 e. The molecule has 3 heterocycles. The molecule has 0 amide bonds. The molecular weight excluding hydrogens is 366 g/mol. The average Bonchev–Trinajstić information content (AvgIpc) is 2.74. The van der Waals surface area contributed by atoms with Gasteiger partial charge in [-0.25, -0.2) is 4.98 Å². The van der Waals surface area contributed by atoms with E-state index in [-0.39, 0.29) is 0 Å². The van der Waals surface area contributed by atoms with Crippen molar-refractivity contribution in [1.82, 2.24) is 15.2 Å². The molecule has 1 aromatic carbocycles. The molecule has 0 radical (unpaired) electrons. The predicted octanol–water partition coefficient (Wildman–Crippen LogP) is 3.98. The zero-order valence-electron chi connectivity index (χ0n) is 16.7. The van der Waals surface area contributed by atoms with E-state index in [1.54, 1.807) is 11.9 Å². The number of nitrogens with zero attached hydrogens (tertiary/aromatic N) is 3. The van der Waals surface area contributed by atoms with E-state index in [1.165, 1.54) is 24.8 Å². The second-order valence-corrected chi connectivity index (χ2v) is 8.77. The summed E-state index contributed by atoms with van der Waals surface area (Å²) in [6.45, 7) is 8.89. The summed E-state index contributed by atoms with van der Waals surface area (Å²) in [6, 6.07) is 13.7. The van der Waals surface area contributed by atoms with Crippen LogP contribution >= 0.6 is 11.9 Å². The van der Waals surface area contributed by atoms with Gasteiger partial charge in [0.05, 0.1) is 0 Å². The number of hydrogen-bond donors (Lipinski definition) is 2. The Morgan fingerprint density at radius 2 is 1.89 bits per heavy atom. The molecule has 0 bridgehead atoms. The van der Waals surface area contributed by atoms with Gasteiger partial charge in [0.25, 0.3) is 0 Å². The van der Waals surface area contributed by atoms with Gasteiger partial charge in [-0.15, -0.1) is 0 Å². The molecule has 2 N–H and O–H groups in total. The fourth-order valence-electron chi connectivity index (χ4n) is 3.95. The van der Waals surface area contributed by atoms with Crippen molar-refractivity contribution in [3.05, 3.63) is 48.2 Å². The number of anilines is 2. The number of rotatable bonds is 6. The Labute approximate surface area is 173 Å². The summed E-state index contributed by atoms with van der Waals surface area (Å²) in [7, 11) is 0. The molecule has 1 unspecified atom stereocenters. The standard InChI is InChI=1S/C22H31N5S/c1-18-16-26(14-11-23-18)17-19-5-7-20(8-6-19)25-28-21-9-10-22(24-15-21)27-12-3-2-4-13-27/h5-10,15,18,23,25H,2-4,11-14,16-17H2,1H3. The highest BCUT2D eigenvalue weighted by atomic mass is 32.2. The first-order valence-corrected chi connectivity index (χ1v) is 11.3. The molecule has 2 fully saturated rings. The first kappa shape index (κ1) is 19.6. The van der Waals surface area contributed by atoms with Crippen molar-refractivity contribution in [2.75, 3.05) is 42.3 Å². The molecule has 2 aromatic rings. The normalized spacial score (nSPS) is 20.9. The molecule has 2 saturated heterocycles. The summed E-state index contributed by atoms with van der Waals surface area (Å²) in [6.07, 6.45) is 5.88. The zero-order valence-corrected chi connectivity index (χ0v) is 17.5. The Kier molecular flexibility index (Phi) is 6.73. The smallest absolute Gasteiger partial charge is 0.128 e. The average molecular weight is 398 g/mol. The minimum atomic E-state index is 0.584.